The van der Waals surface area contributed by atoms with Crippen LogP contribution in [0.25, 0.3) is 6.08 Å². The van der Waals surface area contributed by atoms with Gasteiger partial charge in [0.15, 0.2) is 0 Å². The molecule has 4 aliphatic carbocycles. The number of aliphatic imine (C=N–C) groups is 1. The Morgan fingerprint density at radius 2 is 1.88 bits per heavy atom. The van der Waals surface area contributed by atoms with Crippen molar-refractivity contribution in [3.63, 3.8) is 0 Å². The lowest BCUT2D eigenvalue weighted by Gasteiger charge is -2.37. The van der Waals surface area contributed by atoms with Gasteiger partial charge in [-0.15, -0.1) is 0 Å². The summed E-state index contributed by atoms with van der Waals surface area (Å²) in [5.74, 6) is 2.44. The van der Waals surface area contributed by atoms with Crippen LogP contribution in [0.5, 0.6) is 0 Å². The van der Waals surface area contributed by atoms with E-state index in [1.54, 1.807) is 11.1 Å². The van der Waals surface area contributed by atoms with Crippen LogP contribution in [-0.4, -0.2) is 11.8 Å². The van der Waals surface area contributed by atoms with Crippen molar-refractivity contribution in [1.82, 2.24) is 0 Å². The zero-order valence-corrected chi connectivity index (χ0v) is 20.7. The van der Waals surface area contributed by atoms with Crippen molar-refractivity contribution in [2.75, 3.05) is 0 Å². The summed E-state index contributed by atoms with van der Waals surface area (Å²) in [5.41, 5.74) is 12.0. The number of benzene rings is 1. The summed E-state index contributed by atoms with van der Waals surface area (Å²) < 4.78 is 0. The van der Waals surface area contributed by atoms with Gasteiger partial charge in [0.2, 0.25) is 0 Å². The molecule has 3 atom stereocenters. The largest absolute Gasteiger partial charge is 0.402 e. The second-order valence-electron chi connectivity index (χ2n) is 10.9. The fourth-order valence-corrected chi connectivity index (χ4v) is 6.79. The van der Waals surface area contributed by atoms with Crippen molar-refractivity contribution in [3.8, 4) is 0 Å². The Hall–Kier alpha value is -2.61. The van der Waals surface area contributed by atoms with E-state index in [0.717, 1.165) is 24.5 Å². The van der Waals surface area contributed by atoms with E-state index >= 15 is 0 Å². The molecule has 178 valence electrons. The van der Waals surface area contributed by atoms with E-state index in [0.29, 0.717) is 17.8 Å². The Bertz CT molecular complexity index is 1040. The predicted molar refractivity (Wildman–Crippen MR) is 146 cm³/mol. The molecule has 1 saturated carbocycles. The quantitative estimate of drug-likeness (QED) is 0.358. The van der Waals surface area contributed by atoms with E-state index in [1.165, 1.54) is 50.5 Å². The van der Waals surface area contributed by atoms with E-state index < -0.39 is 0 Å². The van der Waals surface area contributed by atoms with Gasteiger partial charge in [-0.3, -0.25) is 4.99 Å². The third kappa shape index (κ3) is 4.92. The number of nitrogens with two attached hydrogens (primary N) is 1. The Kier molecular flexibility index (Phi) is 7.04. The zero-order chi connectivity index (χ0) is 23.4. The Morgan fingerprint density at radius 1 is 1.03 bits per heavy atom. The monoisotopic (exact) mass is 452 g/mol. The van der Waals surface area contributed by atoms with Crippen molar-refractivity contribution in [2.24, 2.45) is 28.5 Å². The average molecular weight is 453 g/mol. The topological polar surface area (TPSA) is 38.4 Å². The smallest absolute Gasteiger partial charge is 0.0824 e. The van der Waals surface area contributed by atoms with Gasteiger partial charge in [-0.2, -0.15) is 0 Å². The fourth-order valence-electron chi connectivity index (χ4n) is 6.79. The number of hydrogen-bond acceptors (Lipinski definition) is 2. The number of nitrogens with zero attached hydrogens (tertiary/aromatic N) is 1. The zero-order valence-electron chi connectivity index (χ0n) is 20.7. The first kappa shape index (κ1) is 23.1. The minimum atomic E-state index is -0.161. The molecule has 0 radical (unpaired) electrons. The van der Waals surface area contributed by atoms with Crippen molar-refractivity contribution in [2.45, 2.75) is 76.2 Å². The first-order valence-electron chi connectivity index (χ1n) is 13.4. The van der Waals surface area contributed by atoms with Crippen LogP contribution >= 0.6 is 0 Å². The molecule has 5 rings (SSSR count). The second kappa shape index (κ2) is 10.3. The molecule has 2 heteroatoms. The van der Waals surface area contributed by atoms with Gasteiger partial charge in [-0.1, -0.05) is 72.4 Å². The van der Waals surface area contributed by atoms with Crippen LogP contribution in [-0.2, 0) is 0 Å². The van der Waals surface area contributed by atoms with Crippen molar-refractivity contribution < 1.29 is 0 Å². The maximum absolute atomic E-state index is 6.61. The molecule has 0 aliphatic heterocycles. The molecule has 0 heterocycles. The first-order chi connectivity index (χ1) is 16.6. The molecule has 0 spiro atoms. The van der Waals surface area contributed by atoms with Gasteiger partial charge in [-0.25, -0.2) is 0 Å². The number of fused-ring (bicyclic) bond motifs is 1. The molecule has 3 unspecified atom stereocenters. The molecule has 4 aliphatic rings. The van der Waals surface area contributed by atoms with Gasteiger partial charge in [0, 0.05) is 17.8 Å². The molecule has 2 N–H and O–H groups in total. The highest BCUT2D eigenvalue weighted by molar-refractivity contribution is 5.73. The fraction of sp³-hybridized carbons (Fsp3) is 0.469. The average Bonchev–Trinajstić information content (AvgIpc) is 2.89. The summed E-state index contributed by atoms with van der Waals surface area (Å²) in [5, 5.41) is 0. The van der Waals surface area contributed by atoms with Gasteiger partial charge in [0.05, 0.1) is 5.54 Å². The normalized spacial score (nSPS) is 33.7. The second-order valence-corrected chi connectivity index (χ2v) is 10.9. The summed E-state index contributed by atoms with van der Waals surface area (Å²) in [6, 6.07) is 8.96. The first-order valence-corrected chi connectivity index (χ1v) is 13.4. The summed E-state index contributed by atoms with van der Waals surface area (Å²) in [6.45, 7) is 2.29. The van der Waals surface area contributed by atoms with Gasteiger partial charge in [0.1, 0.15) is 0 Å². The molecule has 0 amide bonds. The molecular weight excluding hydrogens is 412 g/mol. The molecule has 1 aromatic carbocycles. The van der Waals surface area contributed by atoms with Crippen molar-refractivity contribution in [1.29, 1.82) is 0 Å². The predicted octanol–water partition coefficient (Wildman–Crippen LogP) is 7.91. The maximum Gasteiger partial charge on any atom is 0.0824 e. The third-order valence-corrected chi connectivity index (χ3v) is 8.79. The van der Waals surface area contributed by atoms with Crippen LogP contribution in [0.4, 0.5) is 0 Å². The van der Waals surface area contributed by atoms with Crippen LogP contribution in [0.1, 0.15) is 81.8 Å². The summed E-state index contributed by atoms with van der Waals surface area (Å²) >= 11 is 0. The number of allylic oxidation sites excluding steroid dienone is 7. The molecule has 0 bridgehead atoms. The van der Waals surface area contributed by atoms with Gasteiger partial charge < -0.3 is 5.73 Å². The maximum atomic E-state index is 6.61. The molecule has 0 saturated heterocycles. The summed E-state index contributed by atoms with van der Waals surface area (Å²) in [7, 11) is 0. The van der Waals surface area contributed by atoms with E-state index in [9.17, 15) is 0 Å². The molecule has 2 nitrogen and oxygen atoms in total. The highest BCUT2D eigenvalue weighted by Gasteiger charge is 2.35. The molecule has 0 aromatic heterocycles. The van der Waals surface area contributed by atoms with Gasteiger partial charge in [-0.05, 0) is 99.7 Å². The standard InChI is InChI=1S/C32H40N2/c1-32(22-8-7-16-30(32)26-11-3-2-4-12-26)34-23-21-31(33)27-19-17-25(18-20-27)29-15-9-13-24-10-5-6-14-28(24)29/h2-3,5-6,8-11,13-14,21-23,25,27,29-30H,4,7,12,15-20,33H2,1H3. The van der Waals surface area contributed by atoms with Gasteiger partial charge >= 0.3 is 0 Å². The van der Waals surface area contributed by atoms with E-state index in [2.05, 4.69) is 79.8 Å². The van der Waals surface area contributed by atoms with Crippen LogP contribution in [0.3, 0.4) is 0 Å². The molecule has 1 fully saturated rings. The molecule has 1 aromatic rings. The molecule has 34 heavy (non-hydrogen) atoms. The van der Waals surface area contributed by atoms with E-state index in [4.69, 9.17) is 10.7 Å². The SMILES string of the molecule is CC1(N=CC=C(N)C2CCC(C3CC=Cc4ccccc43)CC2)C=CCCC1C1=CC=CCC1. The van der Waals surface area contributed by atoms with E-state index in [1.807, 2.05) is 6.21 Å². The molecular formula is C32H40N2. The van der Waals surface area contributed by atoms with Crippen LogP contribution in [0, 0.1) is 17.8 Å². The lowest BCUT2D eigenvalue weighted by molar-refractivity contribution is 0.261. The Labute approximate surface area is 206 Å². The van der Waals surface area contributed by atoms with Crippen molar-refractivity contribution in [3.05, 3.63) is 89.2 Å². The minimum absolute atomic E-state index is 0.161. The Morgan fingerprint density at radius 3 is 2.71 bits per heavy atom. The summed E-state index contributed by atoms with van der Waals surface area (Å²) in [6.07, 6.45) is 31.0. The lowest BCUT2D eigenvalue weighted by atomic mass is 9.70. The van der Waals surface area contributed by atoms with Crippen LogP contribution in [0.15, 0.2) is 83.1 Å². The minimum Gasteiger partial charge on any atom is -0.402 e. The van der Waals surface area contributed by atoms with Crippen molar-refractivity contribution >= 4 is 12.3 Å². The highest BCUT2D eigenvalue weighted by atomic mass is 14.9. The van der Waals surface area contributed by atoms with Crippen LogP contribution in [0.2, 0.25) is 0 Å². The van der Waals surface area contributed by atoms with Crippen LogP contribution < -0.4 is 5.73 Å². The number of hydrogen-bond donors (Lipinski definition) is 1. The highest BCUT2D eigenvalue weighted by Crippen LogP contribution is 2.44. The number of rotatable bonds is 5. The summed E-state index contributed by atoms with van der Waals surface area (Å²) in [4.78, 5) is 5.08. The Balaban J connectivity index is 1.21. The lowest BCUT2D eigenvalue weighted by Crippen LogP contribution is -2.34. The third-order valence-electron chi connectivity index (χ3n) is 8.79. The van der Waals surface area contributed by atoms with E-state index in [-0.39, 0.29) is 5.54 Å². The van der Waals surface area contributed by atoms with Gasteiger partial charge in [0.25, 0.3) is 0 Å².